The van der Waals surface area contributed by atoms with E-state index < -0.39 is 11.5 Å². The molecule has 1 aromatic heterocycles. The molecule has 1 aliphatic heterocycles. The van der Waals surface area contributed by atoms with Crippen LogP contribution in [0.2, 0.25) is 10.3 Å². The first-order valence-corrected chi connectivity index (χ1v) is 6.74. The molecule has 0 spiro atoms. The second-order valence-corrected chi connectivity index (χ2v) is 5.38. The molecule has 0 bridgehead atoms. The fraction of sp³-hybridized carbons (Fsp3) is 0.500. The number of nitrogens with two attached hydrogens (primary N) is 1. The number of esters is 1. The van der Waals surface area contributed by atoms with Crippen LogP contribution in [-0.4, -0.2) is 29.6 Å². The van der Waals surface area contributed by atoms with E-state index in [4.69, 9.17) is 33.7 Å². The van der Waals surface area contributed by atoms with E-state index in [1.807, 2.05) is 0 Å². The Morgan fingerprint density at radius 1 is 1.37 bits per heavy atom. The second-order valence-electron chi connectivity index (χ2n) is 4.60. The lowest BCUT2D eigenvalue weighted by molar-refractivity contribution is -0.152. The summed E-state index contributed by atoms with van der Waals surface area (Å²) in [7, 11) is 0. The smallest absolute Gasteiger partial charge is 0.326 e. The third-order valence-corrected chi connectivity index (χ3v) is 3.48. The molecule has 1 saturated heterocycles. The fourth-order valence-electron chi connectivity index (χ4n) is 1.97. The summed E-state index contributed by atoms with van der Waals surface area (Å²) in [5, 5.41) is 3.69. The predicted octanol–water partition coefficient (Wildman–Crippen LogP) is 1.51. The van der Waals surface area contributed by atoms with Gasteiger partial charge in [-0.3, -0.25) is 4.79 Å². The summed E-state index contributed by atoms with van der Waals surface area (Å²) in [6.07, 6.45) is 1.15. The molecule has 0 radical (unpaired) electrons. The highest BCUT2D eigenvalue weighted by Gasteiger charge is 2.36. The van der Waals surface area contributed by atoms with Gasteiger partial charge < -0.3 is 15.8 Å². The van der Waals surface area contributed by atoms with Gasteiger partial charge in [0.25, 0.3) is 0 Å². The summed E-state index contributed by atoms with van der Waals surface area (Å²) in [5.74, 6) is -0.391. The Balaban J connectivity index is 1.96. The van der Waals surface area contributed by atoms with E-state index in [1.54, 1.807) is 12.1 Å². The minimum absolute atomic E-state index is 0.0904. The van der Waals surface area contributed by atoms with Crippen LogP contribution in [0.15, 0.2) is 12.1 Å². The van der Waals surface area contributed by atoms with Crippen LogP contribution >= 0.6 is 23.2 Å². The molecule has 2 rings (SSSR count). The topological polar surface area (TPSA) is 77.2 Å². The number of aromatic nitrogens is 1. The summed E-state index contributed by atoms with van der Waals surface area (Å²) in [4.78, 5) is 15.8. The summed E-state index contributed by atoms with van der Waals surface area (Å²) in [6, 6.07) is 3.21. The van der Waals surface area contributed by atoms with Crippen molar-refractivity contribution in [3.63, 3.8) is 0 Å². The summed E-state index contributed by atoms with van der Waals surface area (Å²) < 4.78 is 5.24. The van der Waals surface area contributed by atoms with Crippen molar-refractivity contribution in [3.8, 4) is 0 Å². The lowest BCUT2D eigenvalue weighted by Crippen LogP contribution is -2.55. The van der Waals surface area contributed by atoms with Crippen LogP contribution in [0.1, 0.15) is 18.4 Å². The van der Waals surface area contributed by atoms with Gasteiger partial charge in [0, 0.05) is 0 Å². The number of hydrogen-bond donors (Lipinski definition) is 2. The zero-order valence-corrected chi connectivity index (χ0v) is 11.8. The Morgan fingerprint density at radius 3 is 2.53 bits per heavy atom. The van der Waals surface area contributed by atoms with E-state index in [0.29, 0.717) is 18.4 Å². The van der Waals surface area contributed by atoms with Crippen LogP contribution in [0.4, 0.5) is 0 Å². The Morgan fingerprint density at radius 2 is 1.95 bits per heavy atom. The van der Waals surface area contributed by atoms with Crippen LogP contribution in [0.3, 0.4) is 0 Å². The number of carbonyl (C=O) groups is 1. The predicted molar refractivity (Wildman–Crippen MR) is 73.1 cm³/mol. The number of halogens is 2. The highest BCUT2D eigenvalue weighted by molar-refractivity contribution is 6.32. The average molecular weight is 304 g/mol. The van der Waals surface area contributed by atoms with E-state index in [2.05, 4.69) is 10.3 Å². The first kappa shape index (κ1) is 14.5. The van der Waals surface area contributed by atoms with Crippen LogP contribution in [0.25, 0.3) is 0 Å². The number of rotatable bonds is 3. The zero-order chi connectivity index (χ0) is 13.9. The van der Waals surface area contributed by atoms with Crippen molar-refractivity contribution in [2.24, 2.45) is 5.73 Å². The Labute approximate surface area is 121 Å². The number of nitrogens with one attached hydrogen (secondary N) is 1. The molecule has 7 heteroatoms. The van der Waals surface area contributed by atoms with Gasteiger partial charge in [-0.2, -0.15) is 0 Å². The maximum Gasteiger partial charge on any atom is 0.326 e. The van der Waals surface area contributed by atoms with Crippen molar-refractivity contribution in [2.45, 2.75) is 25.0 Å². The summed E-state index contributed by atoms with van der Waals surface area (Å²) in [5.41, 5.74) is 5.84. The van der Waals surface area contributed by atoms with Gasteiger partial charge in [-0.05, 0) is 43.6 Å². The molecule has 1 fully saturated rings. The number of pyridine rings is 1. The molecule has 104 valence electrons. The molecular formula is C12H15Cl2N3O2. The van der Waals surface area contributed by atoms with Crippen molar-refractivity contribution in [1.82, 2.24) is 10.3 Å². The first-order chi connectivity index (χ1) is 8.99. The van der Waals surface area contributed by atoms with Gasteiger partial charge in [-0.25, -0.2) is 4.98 Å². The minimum Gasteiger partial charge on any atom is -0.459 e. The van der Waals surface area contributed by atoms with Crippen molar-refractivity contribution >= 4 is 29.2 Å². The van der Waals surface area contributed by atoms with Gasteiger partial charge in [0.2, 0.25) is 0 Å². The standard InChI is InChI=1S/C12H15Cl2N3O2/c13-9-5-8(6-10(14)17-9)7-19-11(18)12(15)1-3-16-4-2-12/h5-6,16H,1-4,7,15H2. The molecule has 1 aromatic rings. The van der Waals surface area contributed by atoms with E-state index in [0.717, 1.165) is 13.1 Å². The fourth-order valence-corrected chi connectivity index (χ4v) is 2.47. The van der Waals surface area contributed by atoms with Crippen molar-refractivity contribution in [3.05, 3.63) is 28.0 Å². The number of hydrogen-bond acceptors (Lipinski definition) is 5. The molecule has 5 nitrogen and oxygen atoms in total. The molecule has 2 heterocycles. The number of nitrogens with zero attached hydrogens (tertiary/aromatic N) is 1. The van der Waals surface area contributed by atoms with Gasteiger partial charge in [-0.1, -0.05) is 23.2 Å². The quantitative estimate of drug-likeness (QED) is 0.654. The van der Waals surface area contributed by atoms with E-state index in [9.17, 15) is 4.79 Å². The average Bonchev–Trinajstić information content (AvgIpc) is 2.35. The maximum absolute atomic E-state index is 12.0. The zero-order valence-electron chi connectivity index (χ0n) is 10.3. The summed E-state index contributed by atoms with van der Waals surface area (Å²) >= 11 is 11.5. The highest BCUT2D eigenvalue weighted by atomic mass is 35.5. The Hall–Kier alpha value is -0.880. The van der Waals surface area contributed by atoms with Crippen LogP contribution in [0.5, 0.6) is 0 Å². The second kappa shape index (κ2) is 6.05. The van der Waals surface area contributed by atoms with Crippen molar-refractivity contribution in [2.75, 3.05) is 13.1 Å². The monoisotopic (exact) mass is 303 g/mol. The van der Waals surface area contributed by atoms with Gasteiger partial charge in [0.05, 0.1) is 0 Å². The normalized spacial score (nSPS) is 18.1. The van der Waals surface area contributed by atoms with Crippen molar-refractivity contribution < 1.29 is 9.53 Å². The molecule has 0 aliphatic carbocycles. The molecule has 0 unspecified atom stereocenters. The largest absolute Gasteiger partial charge is 0.459 e. The van der Waals surface area contributed by atoms with Gasteiger partial charge in [0.15, 0.2) is 0 Å². The van der Waals surface area contributed by atoms with E-state index in [-0.39, 0.29) is 16.9 Å². The SMILES string of the molecule is NC1(C(=O)OCc2cc(Cl)nc(Cl)c2)CCNCC1. The molecule has 1 aliphatic rings. The van der Waals surface area contributed by atoms with Crippen LogP contribution in [-0.2, 0) is 16.1 Å². The number of piperidine rings is 1. The van der Waals surface area contributed by atoms with Crippen LogP contribution in [0, 0.1) is 0 Å². The molecule has 0 amide bonds. The van der Waals surface area contributed by atoms with E-state index >= 15 is 0 Å². The molecule has 19 heavy (non-hydrogen) atoms. The maximum atomic E-state index is 12.0. The van der Waals surface area contributed by atoms with Crippen molar-refractivity contribution in [1.29, 1.82) is 0 Å². The van der Waals surface area contributed by atoms with Gasteiger partial charge in [-0.15, -0.1) is 0 Å². The summed E-state index contributed by atoms with van der Waals surface area (Å²) in [6.45, 7) is 1.53. The number of ether oxygens (including phenoxy) is 1. The minimum atomic E-state index is -0.897. The van der Waals surface area contributed by atoms with E-state index in [1.165, 1.54) is 0 Å². The lowest BCUT2D eigenvalue weighted by Gasteiger charge is -2.31. The number of carbonyl (C=O) groups excluding carboxylic acids is 1. The first-order valence-electron chi connectivity index (χ1n) is 5.98. The van der Waals surface area contributed by atoms with Gasteiger partial charge in [0.1, 0.15) is 22.5 Å². The molecular weight excluding hydrogens is 289 g/mol. The Kier molecular flexibility index (Phi) is 4.62. The molecule has 0 atom stereocenters. The van der Waals surface area contributed by atoms with Crippen LogP contribution < -0.4 is 11.1 Å². The van der Waals surface area contributed by atoms with Gasteiger partial charge >= 0.3 is 5.97 Å². The lowest BCUT2D eigenvalue weighted by atomic mass is 9.90. The third kappa shape index (κ3) is 3.79. The highest BCUT2D eigenvalue weighted by Crippen LogP contribution is 2.19. The molecule has 0 aromatic carbocycles. The third-order valence-electron chi connectivity index (χ3n) is 3.09. The molecule has 0 saturated carbocycles. The Bertz CT molecular complexity index is 456. The molecule has 3 N–H and O–H groups in total.